The van der Waals surface area contributed by atoms with E-state index in [0.29, 0.717) is 22.6 Å². The van der Waals surface area contributed by atoms with E-state index in [2.05, 4.69) is 6.92 Å². The number of benzene rings is 3. The summed E-state index contributed by atoms with van der Waals surface area (Å²) in [5.41, 5.74) is 0.458. The highest BCUT2D eigenvalue weighted by atomic mass is 16.6. The van der Waals surface area contributed by atoms with Crippen molar-refractivity contribution >= 4 is 11.0 Å². The summed E-state index contributed by atoms with van der Waals surface area (Å²) < 4.78 is 29.5. The van der Waals surface area contributed by atoms with Gasteiger partial charge in [0.25, 0.3) is 0 Å². The van der Waals surface area contributed by atoms with Gasteiger partial charge in [0, 0.05) is 23.3 Å². The Kier molecular flexibility index (Phi) is 8.11. The van der Waals surface area contributed by atoms with Gasteiger partial charge in [-0.2, -0.15) is 0 Å². The van der Waals surface area contributed by atoms with Gasteiger partial charge < -0.3 is 43.8 Å². The van der Waals surface area contributed by atoms with Crippen LogP contribution in [0.3, 0.4) is 0 Å². The van der Waals surface area contributed by atoms with Crippen LogP contribution in [0.4, 0.5) is 0 Å². The lowest BCUT2D eigenvalue weighted by atomic mass is 10.0. The van der Waals surface area contributed by atoms with Crippen molar-refractivity contribution in [3.8, 4) is 51.6 Å². The van der Waals surface area contributed by atoms with Crippen LogP contribution in [-0.4, -0.2) is 46.9 Å². The summed E-state index contributed by atoms with van der Waals surface area (Å²) >= 11 is 0. The molecule has 10 heteroatoms. The highest BCUT2D eigenvalue weighted by molar-refractivity contribution is 5.88. The Hall–Kier alpha value is -4.57. The molecule has 4 aromatic rings. The molecule has 0 bridgehead atoms. The number of ether oxygens (including phenoxy) is 4. The monoisotopic (exact) mass is 564 g/mol. The third-order valence-electron chi connectivity index (χ3n) is 6.95. The first kappa shape index (κ1) is 28.0. The molecule has 0 amide bonds. The SMILES string of the molecule is CCCCCCOc1c(-c2ccc3c(c2)OC(c2ccc(O)c(OC)c2)C(CO)O3)oc2cc(O)cc(O)c2c1=O. The maximum absolute atomic E-state index is 13.5. The summed E-state index contributed by atoms with van der Waals surface area (Å²) in [7, 11) is 1.43. The number of methoxy groups -OCH3 is 1. The predicted molar refractivity (Wildman–Crippen MR) is 150 cm³/mol. The van der Waals surface area contributed by atoms with E-state index in [9.17, 15) is 25.2 Å². The molecule has 2 heterocycles. The summed E-state index contributed by atoms with van der Waals surface area (Å²) in [6.45, 7) is 2.04. The minimum Gasteiger partial charge on any atom is -0.508 e. The Morgan fingerprint density at radius 3 is 2.49 bits per heavy atom. The fraction of sp³-hybridized carbons (Fsp3) is 0.323. The van der Waals surface area contributed by atoms with Crippen molar-refractivity contribution in [1.82, 2.24) is 0 Å². The van der Waals surface area contributed by atoms with Crippen LogP contribution >= 0.6 is 0 Å². The second kappa shape index (κ2) is 11.9. The smallest absolute Gasteiger partial charge is 0.239 e. The first-order chi connectivity index (χ1) is 19.8. The predicted octanol–water partition coefficient (Wildman–Crippen LogP) is 5.42. The van der Waals surface area contributed by atoms with Crippen molar-refractivity contribution in [3.63, 3.8) is 0 Å². The van der Waals surface area contributed by atoms with E-state index in [1.165, 1.54) is 19.2 Å². The Bertz CT molecular complexity index is 1610. The van der Waals surface area contributed by atoms with Crippen molar-refractivity contribution in [2.45, 2.75) is 44.8 Å². The zero-order valence-electron chi connectivity index (χ0n) is 22.8. The molecule has 0 radical (unpaired) electrons. The lowest BCUT2D eigenvalue weighted by Gasteiger charge is -2.33. The summed E-state index contributed by atoms with van der Waals surface area (Å²) in [5, 5.41) is 40.4. The molecule has 2 unspecified atom stereocenters. The molecule has 1 aromatic heterocycles. The van der Waals surface area contributed by atoms with Gasteiger partial charge in [-0.15, -0.1) is 0 Å². The molecule has 4 N–H and O–H groups in total. The summed E-state index contributed by atoms with van der Waals surface area (Å²) in [6, 6.07) is 12.0. The molecule has 0 fully saturated rings. The normalized spacial score (nSPS) is 16.1. The molecule has 3 aromatic carbocycles. The average molecular weight is 565 g/mol. The van der Waals surface area contributed by atoms with E-state index in [1.807, 2.05) is 0 Å². The number of phenols is 3. The lowest BCUT2D eigenvalue weighted by Crippen LogP contribution is -2.36. The quantitative estimate of drug-likeness (QED) is 0.184. The van der Waals surface area contributed by atoms with Crippen LogP contribution in [0.2, 0.25) is 0 Å². The summed E-state index contributed by atoms with van der Waals surface area (Å²) in [4.78, 5) is 13.5. The Labute approximate surface area is 235 Å². The molecule has 0 saturated heterocycles. The summed E-state index contributed by atoms with van der Waals surface area (Å²) in [5.74, 6) is 0.243. The molecule has 0 saturated carbocycles. The van der Waals surface area contributed by atoms with Gasteiger partial charge >= 0.3 is 0 Å². The molecule has 5 rings (SSSR count). The average Bonchev–Trinajstić information content (AvgIpc) is 2.96. The number of hydrogen-bond donors (Lipinski definition) is 4. The van der Waals surface area contributed by atoms with E-state index in [-0.39, 0.29) is 52.9 Å². The number of rotatable bonds is 10. The first-order valence-electron chi connectivity index (χ1n) is 13.5. The fourth-order valence-electron chi connectivity index (χ4n) is 4.86. The maximum Gasteiger partial charge on any atom is 0.239 e. The Morgan fingerprint density at radius 1 is 0.902 bits per heavy atom. The molecule has 216 valence electrons. The highest BCUT2D eigenvalue weighted by Crippen LogP contribution is 2.44. The molecular weight excluding hydrogens is 532 g/mol. The number of unbranched alkanes of at least 4 members (excludes halogenated alkanes) is 3. The van der Waals surface area contributed by atoms with Crippen LogP contribution in [0, 0.1) is 0 Å². The van der Waals surface area contributed by atoms with E-state index in [4.69, 9.17) is 23.4 Å². The van der Waals surface area contributed by atoms with E-state index in [1.54, 1.807) is 30.3 Å². The zero-order chi connectivity index (χ0) is 29.1. The largest absolute Gasteiger partial charge is 0.508 e. The van der Waals surface area contributed by atoms with Gasteiger partial charge in [-0.1, -0.05) is 32.3 Å². The van der Waals surface area contributed by atoms with Gasteiger partial charge in [-0.3, -0.25) is 4.79 Å². The van der Waals surface area contributed by atoms with E-state index >= 15 is 0 Å². The Morgan fingerprint density at radius 2 is 1.73 bits per heavy atom. The number of aliphatic hydroxyl groups excluding tert-OH is 1. The van der Waals surface area contributed by atoms with Crippen LogP contribution in [0.5, 0.6) is 40.2 Å². The van der Waals surface area contributed by atoms with Crippen molar-refractivity contribution in [3.05, 3.63) is 64.3 Å². The van der Waals surface area contributed by atoms with E-state index < -0.39 is 23.4 Å². The number of aromatic hydroxyl groups is 3. The number of hydrogen-bond acceptors (Lipinski definition) is 10. The molecule has 0 spiro atoms. The van der Waals surface area contributed by atoms with Crippen molar-refractivity contribution in [2.75, 3.05) is 20.3 Å². The second-order valence-corrected chi connectivity index (χ2v) is 9.81. The van der Waals surface area contributed by atoms with Crippen LogP contribution in [0.25, 0.3) is 22.3 Å². The third kappa shape index (κ3) is 5.55. The maximum atomic E-state index is 13.5. The van der Waals surface area contributed by atoms with Crippen molar-refractivity contribution in [2.24, 2.45) is 0 Å². The lowest BCUT2D eigenvalue weighted by molar-refractivity contribution is -0.0123. The number of phenolic OH excluding ortho intramolecular Hbond substituents is 3. The van der Waals surface area contributed by atoms with Crippen LogP contribution in [0.1, 0.15) is 44.3 Å². The van der Waals surface area contributed by atoms with Gasteiger partial charge in [0.2, 0.25) is 11.2 Å². The van der Waals surface area contributed by atoms with Gasteiger partial charge in [-0.05, 0) is 36.8 Å². The molecule has 0 aliphatic carbocycles. The Balaban J connectivity index is 1.57. The molecule has 1 aliphatic heterocycles. The third-order valence-corrected chi connectivity index (χ3v) is 6.95. The number of aliphatic hydroxyl groups is 1. The van der Waals surface area contributed by atoms with Gasteiger partial charge in [0.15, 0.2) is 41.0 Å². The number of fused-ring (bicyclic) bond motifs is 2. The van der Waals surface area contributed by atoms with Gasteiger partial charge in [-0.25, -0.2) is 0 Å². The van der Waals surface area contributed by atoms with Crippen molar-refractivity contribution < 1.29 is 43.8 Å². The highest BCUT2D eigenvalue weighted by Gasteiger charge is 2.34. The minimum atomic E-state index is -0.746. The van der Waals surface area contributed by atoms with E-state index in [0.717, 1.165) is 31.7 Å². The standard InChI is InChI=1S/C31H32O10/c1-3-4-5-6-11-38-31-28(36)27-21(35)14-19(33)15-25(27)41-30(31)18-8-10-22-24(13-18)40-29(26(16-32)39-22)17-7-9-20(34)23(12-17)37-2/h7-10,12-15,26,29,32-35H,3-6,11,16H2,1-2H3. The van der Waals surface area contributed by atoms with Gasteiger partial charge in [0.1, 0.15) is 22.5 Å². The fourth-order valence-corrected chi connectivity index (χ4v) is 4.86. The van der Waals surface area contributed by atoms with Gasteiger partial charge in [0.05, 0.1) is 20.3 Å². The second-order valence-electron chi connectivity index (χ2n) is 9.81. The van der Waals surface area contributed by atoms with Crippen LogP contribution < -0.4 is 24.4 Å². The minimum absolute atomic E-state index is 0.00914. The summed E-state index contributed by atoms with van der Waals surface area (Å²) in [6.07, 6.45) is 2.26. The van der Waals surface area contributed by atoms with Crippen molar-refractivity contribution in [1.29, 1.82) is 0 Å². The van der Waals surface area contributed by atoms with Crippen LogP contribution in [0.15, 0.2) is 57.7 Å². The van der Waals surface area contributed by atoms with Crippen LogP contribution in [-0.2, 0) is 0 Å². The molecule has 2 atom stereocenters. The zero-order valence-corrected chi connectivity index (χ0v) is 22.8. The molecule has 1 aliphatic rings. The first-order valence-corrected chi connectivity index (χ1v) is 13.5. The molecule has 41 heavy (non-hydrogen) atoms. The topological polar surface area (TPSA) is 148 Å². The molecule has 10 nitrogen and oxygen atoms in total. The molecular formula is C31H32O10.